The highest BCUT2D eigenvalue weighted by molar-refractivity contribution is 5.47. The maximum atomic E-state index is 5.67. The first-order valence-corrected chi connectivity index (χ1v) is 5.76. The van der Waals surface area contributed by atoms with E-state index in [-0.39, 0.29) is 5.41 Å². The van der Waals surface area contributed by atoms with Gasteiger partial charge in [-0.1, -0.05) is 26.8 Å². The van der Waals surface area contributed by atoms with Crippen LogP contribution in [-0.4, -0.2) is 6.61 Å². The van der Waals surface area contributed by atoms with Crippen molar-refractivity contribution >= 4 is 0 Å². The molecule has 0 unspecified atom stereocenters. The molecule has 0 aliphatic carbocycles. The van der Waals surface area contributed by atoms with Crippen LogP contribution in [0.1, 0.15) is 43.9 Å². The molecule has 1 nitrogen and oxygen atoms in total. The zero-order valence-electron chi connectivity index (χ0n) is 10.2. The van der Waals surface area contributed by atoms with E-state index in [0.717, 1.165) is 18.8 Å². The van der Waals surface area contributed by atoms with Crippen molar-refractivity contribution in [2.45, 2.75) is 46.0 Å². The Hall–Kier alpha value is -0.980. The van der Waals surface area contributed by atoms with E-state index in [4.69, 9.17) is 4.74 Å². The van der Waals surface area contributed by atoms with E-state index in [2.05, 4.69) is 39.8 Å². The zero-order chi connectivity index (χ0) is 11.1. The molecule has 0 radical (unpaired) electrons. The molecule has 2 rings (SSSR count). The highest BCUT2D eigenvalue weighted by atomic mass is 16.5. The number of rotatable bonds is 0. The zero-order valence-corrected chi connectivity index (χ0v) is 10.2. The highest BCUT2D eigenvalue weighted by Gasteiger charge is 2.21. The van der Waals surface area contributed by atoms with Crippen LogP contribution in [0.2, 0.25) is 0 Å². The number of fused-ring (bicyclic) bond motifs is 1. The van der Waals surface area contributed by atoms with E-state index in [1.807, 2.05) is 0 Å². The third kappa shape index (κ3) is 1.88. The molecule has 1 aromatic carbocycles. The summed E-state index contributed by atoms with van der Waals surface area (Å²) < 4.78 is 5.67. The Morgan fingerprint density at radius 3 is 2.60 bits per heavy atom. The van der Waals surface area contributed by atoms with E-state index in [9.17, 15) is 0 Å². The number of benzene rings is 1. The molecular formula is C14H20O. The third-order valence-electron chi connectivity index (χ3n) is 3.19. The van der Waals surface area contributed by atoms with Crippen LogP contribution in [0, 0.1) is 6.92 Å². The molecule has 1 aliphatic heterocycles. The van der Waals surface area contributed by atoms with Gasteiger partial charge in [0.1, 0.15) is 5.75 Å². The molecule has 15 heavy (non-hydrogen) atoms. The highest BCUT2D eigenvalue weighted by Crippen LogP contribution is 2.34. The van der Waals surface area contributed by atoms with Gasteiger partial charge in [0.05, 0.1) is 6.61 Å². The van der Waals surface area contributed by atoms with Crippen molar-refractivity contribution in [3.05, 3.63) is 28.8 Å². The summed E-state index contributed by atoms with van der Waals surface area (Å²) in [5.74, 6) is 1.10. The van der Waals surface area contributed by atoms with Crippen LogP contribution in [0.5, 0.6) is 5.75 Å². The lowest BCUT2D eigenvalue weighted by Gasteiger charge is -2.27. The van der Waals surface area contributed by atoms with Gasteiger partial charge in [-0.2, -0.15) is 0 Å². The average Bonchev–Trinajstić information content (AvgIpc) is 2.16. The molecular weight excluding hydrogens is 184 g/mol. The molecule has 0 bridgehead atoms. The van der Waals surface area contributed by atoms with Crippen molar-refractivity contribution in [2.24, 2.45) is 0 Å². The Morgan fingerprint density at radius 2 is 1.93 bits per heavy atom. The molecule has 0 amide bonds. The molecule has 1 aliphatic rings. The lowest BCUT2D eigenvalue weighted by atomic mass is 9.81. The van der Waals surface area contributed by atoms with Crippen LogP contribution < -0.4 is 4.74 Å². The van der Waals surface area contributed by atoms with Crippen molar-refractivity contribution in [1.29, 1.82) is 0 Å². The van der Waals surface area contributed by atoms with Gasteiger partial charge in [-0.05, 0) is 47.9 Å². The fraction of sp³-hybridized carbons (Fsp3) is 0.571. The molecule has 1 heteroatoms. The minimum Gasteiger partial charge on any atom is -0.493 e. The SMILES string of the molecule is Cc1c(C(C)(C)C)ccc2c1CCCO2. The number of hydrogen-bond donors (Lipinski definition) is 0. The summed E-state index contributed by atoms with van der Waals surface area (Å²) in [7, 11) is 0. The van der Waals surface area contributed by atoms with Crippen LogP contribution in [-0.2, 0) is 11.8 Å². The summed E-state index contributed by atoms with van der Waals surface area (Å²) >= 11 is 0. The van der Waals surface area contributed by atoms with Crippen LogP contribution in [0.3, 0.4) is 0 Å². The Kier molecular flexibility index (Phi) is 2.49. The van der Waals surface area contributed by atoms with Crippen molar-refractivity contribution in [2.75, 3.05) is 6.61 Å². The monoisotopic (exact) mass is 204 g/mol. The summed E-state index contributed by atoms with van der Waals surface area (Å²) in [5, 5.41) is 0. The summed E-state index contributed by atoms with van der Waals surface area (Å²) in [6.45, 7) is 9.91. The lowest BCUT2D eigenvalue weighted by Crippen LogP contribution is -2.17. The van der Waals surface area contributed by atoms with E-state index in [1.54, 1.807) is 0 Å². The predicted octanol–water partition coefficient (Wildman–Crippen LogP) is 3.62. The molecule has 1 heterocycles. The second kappa shape index (κ2) is 3.55. The third-order valence-corrected chi connectivity index (χ3v) is 3.19. The molecule has 0 saturated heterocycles. The molecule has 0 atom stereocenters. The normalized spacial score (nSPS) is 15.7. The van der Waals surface area contributed by atoms with Crippen molar-refractivity contribution < 1.29 is 4.74 Å². The minimum absolute atomic E-state index is 0.233. The average molecular weight is 204 g/mol. The number of ether oxygens (including phenoxy) is 1. The number of hydrogen-bond acceptors (Lipinski definition) is 1. The van der Waals surface area contributed by atoms with Gasteiger partial charge in [-0.15, -0.1) is 0 Å². The maximum absolute atomic E-state index is 5.67. The van der Waals surface area contributed by atoms with Gasteiger partial charge < -0.3 is 4.74 Å². The first-order chi connectivity index (χ1) is 7.00. The first-order valence-electron chi connectivity index (χ1n) is 5.76. The van der Waals surface area contributed by atoms with Crippen molar-refractivity contribution in [3.63, 3.8) is 0 Å². The van der Waals surface area contributed by atoms with Gasteiger partial charge in [0.25, 0.3) is 0 Å². The van der Waals surface area contributed by atoms with Gasteiger partial charge in [-0.3, -0.25) is 0 Å². The maximum Gasteiger partial charge on any atom is 0.122 e. The Balaban J connectivity index is 2.53. The van der Waals surface area contributed by atoms with Gasteiger partial charge in [-0.25, -0.2) is 0 Å². The second-order valence-electron chi connectivity index (χ2n) is 5.42. The summed E-state index contributed by atoms with van der Waals surface area (Å²) in [5.41, 5.74) is 4.54. The topological polar surface area (TPSA) is 9.23 Å². The van der Waals surface area contributed by atoms with Crippen LogP contribution in [0.25, 0.3) is 0 Å². The van der Waals surface area contributed by atoms with Crippen LogP contribution in [0.15, 0.2) is 12.1 Å². The Labute approximate surface area is 92.5 Å². The van der Waals surface area contributed by atoms with Crippen LogP contribution >= 0.6 is 0 Å². The molecule has 82 valence electrons. The molecule has 0 aromatic heterocycles. The fourth-order valence-electron chi connectivity index (χ4n) is 2.42. The van der Waals surface area contributed by atoms with E-state index >= 15 is 0 Å². The predicted molar refractivity (Wildman–Crippen MR) is 63.7 cm³/mol. The first kappa shape index (κ1) is 10.5. The standard InChI is InChI=1S/C14H20O/c1-10-11-6-5-9-15-13(11)8-7-12(10)14(2,3)4/h7-8H,5-6,9H2,1-4H3. The molecule has 0 saturated carbocycles. The van der Waals surface area contributed by atoms with Gasteiger partial charge in [0.15, 0.2) is 0 Å². The smallest absolute Gasteiger partial charge is 0.122 e. The summed E-state index contributed by atoms with van der Waals surface area (Å²) in [4.78, 5) is 0. The Bertz CT molecular complexity index is 372. The Morgan fingerprint density at radius 1 is 1.20 bits per heavy atom. The van der Waals surface area contributed by atoms with E-state index in [1.165, 1.54) is 23.1 Å². The van der Waals surface area contributed by atoms with E-state index < -0.39 is 0 Å². The molecule has 0 N–H and O–H groups in total. The summed E-state index contributed by atoms with van der Waals surface area (Å²) in [6, 6.07) is 4.36. The van der Waals surface area contributed by atoms with Gasteiger partial charge >= 0.3 is 0 Å². The van der Waals surface area contributed by atoms with Gasteiger partial charge in [0.2, 0.25) is 0 Å². The minimum atomic E-state index is 0.233. The fourth-order valence-corrected chi connectivity index (χ4v) is 2.42. The quantitative estimate of drug-likeness (QED) is 0.627. The largest absolute Gasteiger partial charge is 0.493 e. The summed E-state index contributed by atoms with van der Waals surface area (Å²) in [6.07, 6.45) is 2.33. The molecule has 1 aromatic rings. The molecule has 0 spiro atoms. The van der Waals surface area contributed by atoms with Crippen molar-refractivity contribution in [1.82, 2.24) is 0 Å². The second-order valence-corrected chi connectivity index (χ2v) is 5.42. The van der Waals surface area contributed by atoms with Crippen molar-refractivity contribution in [3.8, 4) is 5.75 Å². The van der Waals surface area contributed by atoms with Gasteiger partial charge in [0, 0.05) is 0 Å². The van der Waals surface area contributed by atoms with Crippen LogP contribution in [0.4, 0.5) is 0 Å². The lowest BCUT2D eigenvalue weighted by molar-refractivity contribution is 0.287. The van der Waals surface area contributed by atoms with E-state index in [0.29, 0.717) is 0 Å². The molecule has 0 fully saturated rings.